The molecule has 0 aromatic heterocycles. The van der Waals surface area contributed by atoms with Gasteiger partial charge in [-0.15, -0.1) is 0 Å². The van der Waals surface area contributed by atoms with Gasteiger partial charge in [0.1, 0.15) is 11.2 Å². The fourth-order valence-corrected chi connectivity index (χ4v) is 1.45. The van der Waals surface area contributed by atoms with Crippen molar-refractivity contribution in [3.05, 3.63) is 28.8 Å². The predicted molar refractivity (Wildman–Crippen MR) is 64.0 cm³/mol. The minimum Gasteiger partial charge on any atom is -0.321 e. The van der Waals surface area contributed by atoms with Crippen LogP contribution in [-0.4, -0.2) is 5.91 Å². The number of nitriles is 1. The molecule has 0 aliphatic heterocycles. The van der Waals surface area contributed by atoms with E-state index in [2.05, 4.69) is 5.32 Å². The molecule has 1 aromatic carbocycles. The minimum atomic E-state index is -1.29. The van der Waals surface area contributed by atoms with E-state index in [-0.39, 0.29) is 17.1 Å². The summed E-state index contributed by atoms with van der Waals surface area (Å²) in [4.78, 5) is 11.8. The number of nitrogens with one attached hydrogen (secondary N) is 1. The first-order chi connectivity index (χ1) is 8.34. The van der Waals surface area contributed by atoms with Crippen LogP contribution >= 0.6 is 11.6 Å². The molecule has 0 radical (unpaired) electrons. The number of benzene rings is 1. The van der Waals surface area contributed by atoms with Gasteiger partial charge in [-0.05, 0) is 19.4 Å². The Morgan fingerprint density at radius 3 is 2.61 bits per heavy atom. The Bertz CT molecular complexity index is 504. The van der Waals surface area contributed by atoms with E-state index in [1.165, 1.54) is 6.92 Å². The summed E-state index contributed by atoms with van der Waals surface area (Å²) in [7, 11) is 0. The zero-order chi connectivity index (χ0) is 13.9. The van der Waals surface area contributed by atoms with Crippen LogP contribution in [0.3, 0.4) is 0 Å². The first-order valence-electron chi connectivity index (χ1n) is 5.21. The maximum atomic E-state index is 13.4. The van der Waals surface area contributed by atoms with Gasteiger partial charge in [-0.2, -0.15) is 5.26 Å². The molecular formula is C12H11ClF2N2O. The van der Waals surface area contributed by atoms with Crippen molar-refractivity contribution in [3.63, 3.8) is 0 Å². The number of amides is 1. The first-order valence-corrected chi connectivity index (χ1v) is 5.59. The molecular weight excluding hydrogens is 262 g/mol. The third-order valence-corrected chi connectivity index (χ3v) is 3.00. The van der Waals surface area contributed by atoms with Crippen molar-refractivity contribution >= 4 is 23.2 Å². The molecule has 3 nitrogen and oxygen atoms in total. The highest BCUT2D eigenvalue weighted by Crippen LogP contribution is 2.29. The van der Waals surface area contributed by atoms with Gasteiger partial charge < -0.3 is 5.32 Å². The Hall–Kier alpha value is -1.67. The fourth-order valence-electron chi connectivity index (χ4n) is 1.20. The average molecular weight is 273 g/mol. The zero-order valence-corrected chi connectivity index (χ0v) is 10.6. The van der Waals surface area contributed by atoms with Gasteiger partial charge in [-0.1, -0.05) is 18.5 Å². The normalized spacial score (nSPS) is 13.6. The van der Waals surface area contributed by atoms with E-state index in [0.29, 0.717) is 6.07 Å². The van der Waals surface area contributed by atoms with E-state index < -0.39 is 23.0 Å². The number of hydrogen-bond acceptors (Lipinski definition) is 2. The van der Waals surface area contributed by atoms with Crippen LogP contribution in [0.2, 0.25) is 5.02 Å². The quantitative estimate of drug-likeness (QED) is 0.915. The number of halogens is 3. The molecule has 1 N–H and O–H groups in total. The second-order valence-electron chi connectivity index (χ2n) is 4.00. The van der Waals surface area contributed by atoms with Crippen LogP contribution in [-0.2, 0) is 4.79 Å². The Balaban J connectivity index is 3.07. The maximum Gasteiger partial charge on any atom is 0.244 e. The fraction of sp³-hybridized carbons (Fsp3) is 0.333. The lowest BCUT2D eigenvalue weighted by Gasteiger charge is -2.19. The molecule has 6 heteroatoms. The van der Waals surface area contributed by atoms with Crippen LogP contribution in [0.1, 0.15) is 20.3 Å². The van der Waals surface area contributed by atoms with Crippen LogP contribution in [0.15, 0.2) is 12.1 Å². The van der Waals surface area contributed by atoms with Gasteiger partial charge >= 0.3 is 0 Å². The van der Waals surface area contributed by atoms with E-state index in [1.807, 2.05) is 6.07 Å². The number of nitrogens with zero attached hydrogens (tertiary/aromatic N) is 1. The predicted octanol–water partition coefficient (Wildman–Crippen LogP) is 3.50. The summed E-state index contributed by atoms with van der Waals surface area (Å²) in [5.41, 5.74) is -1.61. The van der Waals surface area contributed by atoms with E-state index in [0.717, 1.165) is 6.07 Å². The van der Waals surface area contributed by atoms with Crippen molar-refractivity contribution < 1.29 is 13.6 Å². The van der Waals surface area contributed by atoms with Crippen LogP contribution in [0, 0.1) is 28.4 Å². The summed E-state index contributed by atoms with van der Waals surface area (Å²) in [6.07, 6.45) is 0.260. The second-order valence-corrected chi connectivity index (χ2v) is 4.40. The standard InChI is InChI=1S/C12H11ClF2N2O/c1-3-12(2,6-16)11(18)17-10-8(13)4-7(14)5-9(10)15/h4-5H,3H2,1-2H3,(H,17,18). The van der Waals surface area contributed by atoms with E-state index in [4.69, 9.17) is 16.9 Å². The van der Waals surface area contributed by atoms with Crippen molar-refractivity contribution in [2.24, 2.45) is 5.41 Å². The third-order valence-electron chi connectivity index (χ3n) is 2.70. The lowest BCUT2D eigenvalue weighted by Crippen LogP contribution is -2.32. The highest BCUT2D eigenvalue weighted by molar-refractivity contribution is 6.33. The number of carbonyl (C=O) groups is 1. The minimum absolute atomic E-state index is 0.253. The molecule has 1 aromatic rings. The summed E-state index contributed by atoms with van der Waals surface area (Å²) in [6, 6.07) is 3.34. The monoisotopic (exact) mass is 272 g/mol. The van der Waals surface area contributed by atoms with Gasteiger partial charge in [0, 0.05) is 6.07 Å². The molecule has 1 amide bonds. The molecule has 0 bridgehead atoms. The number of carbonyl (C=O) groups excluding carboxylic acids is 1. The Kier molecular flexibility index (Phi) is 4.25. The van der Waals surface area contributed by atoms with Crippen molar-refractivity contribution in [3.8, 4) is 6.07 Å². The van der Waals surface area contributed by atoms with Gasteiger partial charge in [0.15, 0.2) is 5.82 Å². The zero-order valence-electron chi connectivity index (χ0n) is 9.85. The summed E-state index contributed by atoms with van der Waals surface area (Å²) in [5.74, 6) is -2.50. The molecule has 1 unspecified atom stereocenters. The van der Waals surface area contributed by atoms with E-state index in [9.17, 15) is 13.6 Å². The summed E-state index contributed by atoms with van der Waals surface area (Å²) in [6.45, 7) is 3.09. The summed E-state index contributed by atoms with van der Waals surface area (Å²) in [5, 5.41) is 10.9. The molecule has 0 aliphatic carbocycles. The smallest absolute Gasteiger partial charge is 0.244 e. The maximum absolute atomic E-state index is 13.4. The largest absolute Gasteiger partial charge is 0.321 e. The van der Waals surface area contributed by atoms with Gasteiger partial charge in [0.25, 0.3) is 0 Å². The Morgan fingerprint density at radius 2 is 2.17 bits per heavy atom. The molecule has 0 heterocycles. The Labute approximate surface area is 108 Å². The van der Waals surface area contributed by atoms with Crippen molar-refractivity contribution in [1.29, 1.82) is 5.26 Å². The number of rotatable bonds is 3. The second kappa shape index (κ2) is 5.32. The average Bonchev–Trinajstić information content (AvgIpc) is 2.32. The van der Waals surface area contributed by atoms with Crippen molar-refractivity contribution in [2.75, 3.05) is 5.32 Å². The number of hydrogen-bond donors (Lipinski definition) is 1. The molecule has 0 spiro atoms. The summed E-state index contributed by atoms with van der Waals surface area (Å²) < 4.78 is 26.3. The third kappa shape index (κ3) is 2.77. The Morgan fingerprint density at radius 1 is 1.56 bits per heavy atom. The highest BCUT2D eigenvalue weighted by Gasteiger charge is 2.32. The van der Waals surface area contributed by atoms with E-state index >= 15 is 0 Å². The van der Waals surface area contributed by atoms with Gasteiger partial charge in [0.2, 0.25) is 5.91 Å². The molecule has 96 valence electrons. The van der Waals surface area contributed by atoms with E-state index in [1.54, 1.807) is 6.92 Å². The van der Waals surface area contributed by atoms with Gasteiger partial charge in [-0.3, -0.25) is 4.79 Å². The molecule has 0 aliphatic rings. The lowest BCUT2D eigenvalue weighted by molar-refractivity contribution is -0.122. The lowest BCUT2D eigenvalue weighted by atomic mass is 9.88. The molecule has 18 heavy (non-hydrogen) atoms. The van der Waals surface area contributed by atoms with Crippen molar-refractivity contribution in [2.45, 2.75) is 20.3 Å². The first kappa shape index (κ1) is 14.4. The molecule has 1 rings (SSSR count). The van der Waals surface area contributed by atoms with Gasteiger partial charge in [0.05, 0.1) is 16.8 Å². The van der Waals surface area contributed by atoms with Crippen LogP contribution < -0.4 is 5.32 Å². The number of anilines is 1. The molecule has 0 fully saturated rings. The highest BCUT2D eigenvalue weighted by atomic mass is 35.5. The van der Waals surface area contributed by atoms with Crippen LogP contribution in [0.25, 0.3) is 0 Å². The summed E-state index contributed by atoms with van der Waals surface area (Å²) >= 11 is 5.64. The molecule has 1 atom stereocenters. The molecule has 0 saturated heterocycles. The molecule has 0 saturated carbocycles. The topological polar surface area (TPSA) is 52.9 Å². The van der Waals surface area contributed by atoms with Gasteiger partial charge in [-0.25, -0.2) is 8.78 Å². The van der Waals surface area contributed by atoms with Crippen molar-refractivity contribution in [1.82, 2.24) is 0 Å². The van der Waals surface area contributed by atoms with Crippen LogP contribution in [0.4, 0.5) is 14.5 Å². The van der Waals surface area contributed by atoms with Crippen LogP contribution in [0.5, 0.6) is 0 Å². The SMILES string of the molecule is CCC(C)(C#N)C(=O)Nc1c(F)cc(F)cc1Cl.